The van der Waals surface area contributed by atoms with Crippen molar-refractivity contribution in [2.75, 3.05) is 18.2 Å². The largest absolute Gasteiger partial charge is 0.454 e. The first kappa shape index (κ1) is 12.5. The van der Waals surface area contributed by atoms with Crippen molar-refractivity contribution in [3.63, 3.8) is 0 Å². The Hall–Kier alpha value is -1.56. The number of ether oxygens (including phenoxy) is 2. The van der Waals surface area contributed by atoms with E-state index in [-0.39, 0.29) is 23.3 Å². The molecule has 5 nitrogen and oxygen atoms in total. The third-order valence-electron chi connectivity index (χ3n) is 3.24. The van der Waals surface area contributed by atoms with Gasteiger partial charge in [-0.15, -0.1) is 0 Å². The van der Waals surface area contributed by atoms with Gasteiger partial charge in [0.25, 0.3) is 0 Å². The minimum absolute atomic E-state index is 0.00300. The number of benzene rings is 1. The molecule has 2 aliphatic rings. The van der Waals surface area contributed by atoms with E-state index in [1.807, 2.05) is 0 Å². The second kappa shape index (κ2) is 4.52. The van der Waals surface area contributed by atoms with Gasteiger partial charge in [0.05, 0.1) is 5.69 Å². The molecule has 6 heteroatoms. The number of Topliss-reactive ketones (excluding diaryl/α,β-unsaturated/α-hetero) is 1. The molecule has 1 atom stereocenters. The summed E-state index contributed by atoms with van der Waals surface area (Å²) in [7, 11) is 0. The second-order valence-electron chi connectivity index (χ2n) is 4.58. The lowest BCUT2D eigenvalue weighted by Gasteiger charge is -2.19. The lowest BCUT2D eigenvalue weighted by Crippen LogP contribution is -2.26. The van der Waals surface area contributed by atoms with Gasteiger partial charge in [-0.3, -0.25) is 9.59 Å². The molecule has 1 fully saturated rings. The van der Waals surface area contributed by atoms with Crippen LogP contribution in [0.15, 0.2) is 12.1 Å². The van der Waals surface area contributed by atoms with Gasteiger partial charge in [0.1, 0.15) is 0 Å². The van der Waals surface area contributed by atoms with Crippen LogP contribution in [0.25, 0.3) is 0 Å². The number of anilines is 1. The zero-order valence-electron chi connectivity index (χ0n) is 10.3. The molecule has 2 heterocycles. The van der Waals surface area contributed by atoms with Gasteiger partial charge >= 0.3 is 0 Å². The van der Waals surface area contributed by atoms with Crippen LogP contribution in [-0.4, -0.2) is 29.9 Å². The topological polar surface area (TPSA) is 55.8 Å². The van der Waals surface area contributed by atoms with E-state index in [0.29, 0.717) is 35.7 Å². The Labute approximate surface area is 118 Å². The summed E-state index contributed by atoms with van der Waals surface area (Å²) < 4.78 is 10.6. The van der Waals surface area contributed by atoms with E-state index in [0.717, 1.165) is 0 Å². The maximum absolute atomic E-state index is 12.0. The average molecular weight is 326 g/mol. The number of rotatable bonds is 2. The van der Waals surface area contributed by atoms with Gasteiger partial charge < -0.3 is 14.4 Å². The van der Waals surface area contributed by atoms with Crippen LogP contribution in [0, 0.1) is 0 Å². The van der Waals surface area contributed by atoms with Crippen molar-refractivity contribution in [3.05, 3.63) is 17.7 Å². The van der Waals surface area contributed by atoms with Crippen molar-refractivity contribution in [1.82, 2.24) is 0 Å². The summed E-state index contributed by atoms with van der Waals surface area (Å²) in [5.74, 6) is 1.03. The van der Waals surface area contributed by atoms with Crippen molar-refractivity contribution >= 4 is 33.3 Å². The molecule has 100 valence electrons. The van der Waals surface area contributed by atoms with E-state index < -0.39 is 0 Å². The monoisotopic (exact) mass is 325 g/mol. The van der Waals surface area contributed by atoms with Crippen molar-refractivity contribution in [2.45, 2.75) is 18.2 Å². The molecule has 1 aromatic rings. The highest BCUT2D eigenvalue weighted by molar-refractivity contribution is 9.09. The van der Waals surface area contributed by atoms with E-state index in [9.17, 15) is 9.59 Å². The van der Waals surface area contributed by atoms with Crippen LogP contribution in [0.5, 0.6) is 11.5 Å². The molecule has 1 unspecified atom stereocenters. The molecule has 1 saturated heterocycles. The highest BCUT2D eigenvalue weighted by Gasteiger charge is 2.32. The van der Waals surface area contributed by atoms with Crippen molar-refractivity contribution < 1.29 is 19.1 Å². The van der Waals surface area contributed by atoms with Gasteiger partial charge in [0.15, 0.2) is 17.3 Å². The predicted molar refractivity (Wildman–Crippen MR) is 72.3 cm³/mol. The number of alkyl halides is 1. The molecule has 3 rings (SSSR count). The average Bonchev–Trinajstić information content (AvgIpc) is 2.92. The smallest absolute Gasteiger partial charge is 0.231 e. The van der Waals surface area contributed by atoms with E-state index in [1.54, 1.807) is 17.0 Å². The van der Waals surface area contributed by atoms with Gasteiger partial charge in [0.2, 0.25) is 12.7 Å². The SMILES string of the molecule is CC(=O)c1cc2c(cc1N1CC(Br)CC1=O)OCO2. The second-order valence-corrected chi connectivity index (χ2v) is 5.88. The lowest BCUT2D eigenvalue weighted by atomic mass is 10.1. The Bertz CT molecular complexity index is 572. The van der Waals surface area contributed by atoms with Gasteiger partial charge in [-0.2, -0.15) is 0 Å². The molecule has 1 aromatic carbocycles. The maximum atomic E-state index is 12.0. The fraction of sp³-hybridized carbons (Fsp3) is 0.385. The number of halogens is 1. The number of fused-ring (bicyclic) bond motifs is 1. The highest BCUT2D eigenvalue weighted by atomic mass is 79.9. The molecular formula is C13H12BrNO4. The molecule has 0 radical (unpaired) electrons. The van der Waals surface area contributed by atoms with Gasteiger partial charge in [-0.05, 0) is 13.0 Å². The summed E-state index contributed by atoms with van der Waals surface area (Å²) in [6.45, 7) is 2.18. The maximum Gasteiger partial charge on any atom is 0.231 e. The van der Waals surface area contributed by atoms with E-state index in [2.05, 4.69) is 15.9 Å². The van der Waals surface area contributed by atoms with Crippen molar-refractivity contribution in [2.24, 2.45) is 0 Å². The summed E-state index contributed by atoms with van der Waals surface area (Å²) >= 11 is 3.44. The van der Waals surface area contributed by atoms with Crippen LogP contribution in [0.4, 0.5) is 5.69 Å². The quantitative estimate of drug-likeness (QED) is 0.617. The molecular weight excluding hydrogens is 314 g/mol. The van der Waals surface area contributed by atoms with Crippen molar-refractivity contribution in [1.29, 1.82) is 0 Å². The molecule has 0 N–H and O–H groups in total. The molecule has 0 saturated carbocycles. The molecule has 2 aliphatic heterocycles. The molecule has 0 aromatic heterocycles. The third-order valence-corrected chi connectivity index (χ3v) is 3.85. The Kier molecular flexibility index (Phi) is 2.97. The first-order chi connectivity index (χ1) is 9.06. The zero-order valence-corrected chi connectivity index (χ0v) is 11.9. The Morgan fingerprint density at radius 2 is 2.05 bits per heavy atom. The van der Waals surface area contributed by atoms with Crippen LogP contribution < -0.4 is 14.4 Å². The predicted octanol–water partition coefficient (Wildman–Crippen LogP) is 2.12. The fourth-order valence-electron chi connectivity index (χ4n) is 2.33. The molecule has 0 bridgehead atoms. The number of ketones is 1. The third kappa shape index (κ3) is 2.10. The molecule has 19 heavy (non-hydrogen) atoms. The van der Waals surface area contributed by atoms with E-state index in [4.69, 9.17) is 9.47 Å². The van der Waals surface area contributed by atoms with Crippen LogP contribution in [0.3, 0.4) is 0 Å². The van der Waals surface area contributed by atoms with Crippen LogP contribution in [0.2, 0.25) is 0 Å². The van der Waals surface area contributed by atoms with Crippen LogP contribution in [0.1, 0.15) is 23.7 Å². The summed E-state index contributed by atoms with van der Waals surface area (Å²) in [4.78, 5) is 25.5. The summed E-state index contributed by atoms with van der Waals surface area (Å²) in [6, 6.07) is 3.36. The summed E-state index contributed by atoms with van der Waals surface area (Å²) in [5.41, 5.74) is 1.09. The summed E-state index contributed by atoms with van der Waals surface area (Å²) in [6.07, 6.45) is 0.436. The normalized spacial score (nSPS) is 21.1. The summed E-state index contributed by atoms with van der Waals surface area (Å²) in [5, 5.41) is 0. The first-order valence-electron chi connectivity index (χ1n) is 5.95. The fourth-order valence-corrected chi connectivity index (χ4v) is 2.90. The van der Waals surface area contributed by atoms with Crippen LogP contribution in [-0.2, 0) is 4.79 Å². The van der Waals surface area contributed by atoms with Gasteiger partial charge in [-0.1, -0.05) is 15.9 Å². The minimum Gasteiger partial charge on any atom is -0.454 e. The van der Waals surface area contributed by atoms with Crippen molar-refractivity contribution in [3.8, 4) is 11.5 Å². The van der Waals surface area contributed by atoms with Crippen LogP contribution >= 0.6 is 15.9 Å². The number of nitrogens with zero attached hydrogens (tertiary/aromatic N) is 1. The van der Waals surface area contributed by atoms with E-state index in [1.165, 1.54) is 6.92 Å². The van der Waals surface area contributed by atoms with Gasteiger partial charge in [-0.25, -0.2) is 0 Å². The zero-order chi connectivity index (χ0) is 13.6. The molecule has 0 spiro atoms. The number of hydrogen-bond acceptors (Lipinski definition) is 4. The number of carbonyl (C=O) groups excluding carboxylic acids is 2. The Morgan fingerprint density at radius 1 is 1.37 bits per heavy atom. The Morgan fingerprint density at radius 3 is 2.63 bits per heavy atom. The molecule has 0 aliphatic carbocycles. The van der Waals surface area contributed by atoms with Gasteiger partial charge in [0, 0.05) is 29.4 Å². The molecule has 1 amide bonds. The first-order valence-corrected chi connectivity index (χ1v) is 6.87. The number of hydrogen-bond donors (Lipinski definition) is 0. The number of carbonyl (C=O) groups is 2. The lowest BCUT2D eigenvalue weighted by molar-refractivity contribution is -0.117. The highest BCUT2D eigenvalue weighted by Crippen LogP contribution is 2.40. The Balaban J connectivity index is 2.09. The number of amides is 1. The standard InChI is InChI=1S/C13H12BrNO4/c1-7(16)9-3-11-12(19-6-18-11)4-10(9)15-5-8(14)2-13(15)17/h3-4,8H,2,5-6H2,1H3. The van der Waals surface area contributed by atoms with E-state index >= 15 is 0 Å². The minimum atomic E-state index is -0.0980.